The lowest BCUT2D eigenvalue weighted by atomic mass is 9.88. The molecular weight excluding hydrogens is 815 g/mol. The van der Waals surface area contributed by atoms with Crippen molar-refractivity contribution < 1.29 is 59.4 Å². The summed E-state index contributed by atoms with van der Waals surface area (Å²) in [5.41, 5.74) is -4.68. The molecule has 0 unspecified atom stereocenters. The highest BCUT2D eigenvalue weighted by Crippen LogP contribution is 2.48. The number of carbonyl (C=O) groups excluding carboxylic acids is 4. The molecule has 2 aromatic rings. The van der Waals surface area contributed by atoms with Crippen LogP contribution in [0.5, 0.6) is 11.8 Å². The molecule has 4 aliphatic rings. The predicted octanol–water partition coefficient (Wildman–Crippen LogP) is 5.64. The maximum absolute atomic E-state index is 14.8. The molecule has 0 spiro atoms. The summed E-state index contributed by atoms with van der Waals surface area (Å²) in [5.74, 6) is -3.73. The van der Waals surface area contributed by atoms with Crippen LogP contribution in [0.3, 0.4) is 0 Å². The maximum Gasteiger partial charge on any atom is 0.427 e. The van der Waals surface area contributed by atoms with Gasteiger partial charge in [0, 0.05) is 23.8 Å². The summed E-state index contributed by atoms with van der Waals surface area (Å²) in [6.07, 6.45) is -2.79. The van der Waals surface area contributed by atoms with Gasteiger partial charge >= 0.3 is 12.3 Å². The van der Waals surface area contributed by atoms with Crippen molar-refractivity contribution in [1.29, 1.82) is 0 Å². The van der Waals surface area contributed by atoms with Gasteiger partial charge in [-0.2, -0.15) is 18.2 Å². The van der Waals surface area contributed by atoms with E-state index < -0.39 is 92.6 Å². The lowest BCUT2D eigenvalue weighted by Gasteiger charge is -2.34. The molecule has 1 saturated heterocycles. The first-order valence-electron chi connectivity index (χ1n) is 20.2. The van der Waals surface area contributed by atoms with Crippen molar-refractivity contribution in [2.45, 2.75) is 133 Å². The Morgan fingerprint density at radius 2 is 1.80 bits per heavy atom. The number of amides is 4. The molecule has 2 saturated carbocycles. The van der Waals surface area contributed by atoms with Gasteiger partial charge in [0.2, 0.25) is 39.2 Å². The highest BCUT2D eigenvalue weighted by molar-refractivity contribution is 7.91. The van der Waals surface area contributed by atoms with Crippen LogP contribution in [0.2, 0.25) is 0 Å². The van der Waals surface area contributed by atoms with E-state index in [0.717, 1.165) is 10.3 Å². The highest BCUT2D eigenvalue weighted by Gasteiger charge is 2.64. The number of benzene rings is 1. The van der Waals surface area contributed by atoms with Crippen LogP contribution < -0.4 is 24.8 Å². The summed E-state index contributed by atoms with van der Waals surface area (Å²) in [7, 11) is -4.47. The minimum absolute atomic E-state index is 0.00989. The number of nitrogens with one attached hydrogen (secondary N) is 3. The van der Waals surface area contributed by atoms with Gasteiger partial charge < -0.3 is 29.7 Å². The molecule has 1 aromatic carbocycles. The van der Waals surface area contributed by atoms with E-state index >= 15 is 0 Å². The van der Waals surface area contributed by atoms with Gasteiger partial charge in [0.25, 0.3) is 5.91 Å². The topological polar surface area (TPSA) is 182 Å². The molecule has 14 nitrogen and oxygen atoms in total. The molecule has 7 atom stereocenters. The van der Waals surface area contributed by atoms with Crippen molar-refractivity contribution >= 4 is 44.6 Å². The maximum atomic E-state index is 14.8. The van der Waals surface area contributed by atoms with Crippen molar-refractivity contribution in [1.82, 2.24) is 25.2 Å². The van der Waals surface area contributed by atoms with Crippen LogP contribution in [0.15, 0.2) is 42.5 Å². The number of ether oxygens (including phenoxy) is 3. The summed E-state index contributed by atoms with van der Waals surface area (Å²) in [4.78, 5) is 62.2. The average Bonchev–Trinajstić information content (AvgIpc) is 4.05. The molecule has 6 rings (SSSR count). The van der Waals surface area contributed by atoms with Gasteiger partial charge in [-0.1, -0.05) is 44.2 Å². The van der Waals surface area contributed by atoms with Crippen molar-refractivity contribution in [3.05, 3.63) is 42.5 Å². The van der Waals surface area contributed by atoms with Gasteiger partial charge in [-0.25, -0.2) is 17.6 Å². The van der Waals surface area contributed by atoms with Gasteiger partial charge in [0.05, 0.1) is 12.6 Å². The second-order valence-electron chi connectivity index (χ2n) is 17.5. The van der Waals surface area contributed by atoms with E-state index in [1.807, 2.05) is 43.7 Å². The molecule has 3 N–H and O–H groups in total. The summed E-state index contributed by atoms with van der Waals surface area (Å²) in [6, 6.07) is 6.05. The molecular formula is C41H53F4N5O9S. The summed E-state index contributed by atoms with van der Waals surface area (Å²) in [5, 5.41) is 6.41. The molecule has 3 heterocycles. The Kier molecular flexibility index (Phi) is 12.4. The molecule has 3 fully saturated rings. The fourth-order valence-electron chi connectivity index (χ4n) is 7.89. The smallest absolute Gasteiger partial charge is 0.427 e. The number of hydrogen-bond acceptors (Lipinski definition) is 10. The van der Waals surface area contributed by atoms with E-state index in [2.05, 4.69) is 15.6 Å². The summed E-state index contributed by atoms with van der Waals surface area (Å²) < 4.78 is 99.0. The number of sulfonamides is 1. The molecule has 330 valence electrons. The van der Waals surface area contributed by atoms with Crippen molar-refractivity contribution in [3.8, 4) is 11.8 Å². The van der Waals surface area contributed by atoms with Gasteiger partial charge in [0.1, 0.15) is 35.1 Å². The fourth-order valence-corrected chi connectivity index (χ4v) is 9.32. The van der Waals surface area contributed by atoms with Crippen LogP contribution in [0.4, 0.5) is 22.4 Å². The van der Waals surface area contributed by atoms with Crippen LogP contribution >= 0.6 is 0 Å². The van der Waals surface area contributed by atoms with E-state index in [4.69, 9.17) is 14.2 Å². The standard InChI is InChI=1S/C41H53F4N5O9S/c1-23(2)57-31-18-26-12-8-10-14-29(26)34(46-31)58-28-19-30-33(51)48-40(36(53)49-60(55,56)39(22-42)15-16-39)20-27(40)13-9-7-11-24(3)17-25(4)32(35(52)50(30)21-28)47-37(54)59-38(5,6)41(43,44)45/h8-10,12-14,18,23-25,27-28,30,32H,7,11,15-17,19-22H2,1-6H3,(H,47,54)(H,48,51)(H,49,53)/b13-9-/t24-,25+,27+,28+,30-,32-,40+/m0/s1. The number of nitrogens with zero attached hydrogens (tertiary/aromatic N) is 2. The molecule has 2 aliphatic heterocycles. The first-order chi connectivity index (χ1) is 28.0. The Morgan fingerprint density at radius 1 is 1.10 bits per heavy atom. The Morgan fingerprint density at radius 3 is 2.45 bits per heavy atom. The van der Waals surface area contributed by atoms with Crippen molar-refractivity contribution in [3.63, 3.8) is 0 Å². The van der Waals surface area contributed by atoms with E-state index in [9.17, 15) is 45.2 Å². The number of allylic oxidation sites excluding steroid dienone is 1. The zero-order chi connectivity index (χ0) is 44.0. The van der Waals surface area contributed by atoms with Crippen LogP contribution in [-0.2, 0) is 29.1 Å². The molecule has 0 radical (unpaired) electrons. The number of rotatable bonds is 10. The van der Waals surface area contributed by atoms with E-state index in [0.29, 0.717) is 38.5 Å². The largest absolute Gasteiger partial charge is 0.475 e. The zero-order valence-corrected chi connectivity index (χ0v) is 35.3. The molecule has 1 aromatic heterocycles. The number of fused-ring (bicyclic) bond motifs is 3. The number of carbonyl (C=O) groups is 4. The van der Waals surface area contributed by atoms with Crippen molar-refractivity contribution in [2.75, 3.05) is 13.2 Å². The third kappa shape index (κ3) is 9.29. The number of alkyl carbamates (subject to hydrolysis) is 1. The minimum atomic E-state index is -4.93. The second-order valence-corrected chi connectivity index (χ2v) is 19.6. The molecule has 0 bridgehead atoms. The van der Waals surface area contributed by atoms with E-state index in [1.165, 1.54) is 0 Å². The van der Waals surface area contributed by atoms with Crippen molar-refractivity contribution in [2.24, 2.45) is 17.8 Å². The lowest BCUT2D eigenvalue weighted by molar-refractivity contribution is -0.244. The number of alkyl halides is 4. The highest BCUT2D eigenvalue weighted by atomic mass is 32.2. The molecule has 60 heavy (non-hydrogen) atoms. The van der Waals surface area contributed by atoms with Crippen LogP contribution in [0, 0.1) is 17.8 Å². The quantitative estimate of drug-likeness (QED) is 0.200. The van der Waals surface area contributed by atoms with Crippen LogP contribution in [0.1, 0.15) is 86.5 Å². The first kappa shape index (κ1) is 44.9. The molecule has 19 heteroatoms. The number of aromatic nitrogens is 1. The monoisotopic (exact) mass is 867 g/mol. The third-order valence-corrected chi connectivity index (χ3v) is 14.0. The fraction of sp³-hybridized carbons (Fsp3) is 0.634. The second kappa shape index (κ2) is 16.6. The number of hydrogen-bond donors (Lipinski definition) is 3. The number of halogens is 4. The van der Waals surface area contributed by atoms with Gasteiger partial charge in [-0.15, -0.1) is 0 Å². The van der Waals surface area contributed by atoms with Crippen LogP contribution in [-0.4, -0.2) is 102 Å². The zero-order valence-electron chi connectivity index (χ0n) is 34.4. The van der Waals surface area contributed by atoms with E-state index in [-0.39, 0.29) is 56.0 Å². The summed E-state index contributed by atoms with van der Waals surface area (Å²) in [6.45, 7) is 7.12. The Balaban J connectivity index is 1.37. The Bertz CT molecular complexity index is 2130. The third-order valence-electron chi connectivity index (χ3n) is 11.9. The summed E-state index contributed by atoms with van der Waals surface area (Å²) >= 11 is 0. The van der Waals surface area contributed by atoms with Gasteiger partial charge in [-0.05, 0) is 89.5 Å². The minimum Gasteiger partial charge on any atom is -0.475 e. The molecule has 2 aliphatic carbocycles. The van der Waals surface area contributed by atoms with Crippen LogP contribution in [0.25, 0.3) is 10.8 Å². The van der Waals surface area contributed by atoms with Gasteiger partial charge in [0.15, 0.2) is 0 Å². The van der Waals surface area contributed by atoms with E-state index in [1.54, 1.807) is 31.2 Å². The average molecular weight is 868 g/mol. The lowest BCUT2D eigenvalue weighted by Crippen LogP contribution is -2.60. The Labute approximate surface area is 346 Å². The molecule has 4 amide bonds. The predicted molar refractivity (Wildman–Crippen MR) is 211 cm³/mol. The number of pyridine rings is 1. The SMILES string of the molecule is CC(C)Oc1cc2ccccc2c(O[C@@H]2C[C@H]3C(=O)N[C@]4(C(=O)NS(=O)(=O)C5(CF)CC5)C[C@H]4/C=C\CC[C@H](C)C[C@@H](C)[C@H](NC(=O)OC(C)(C)C(F)(F)F)C(=O)N3C2)n1. The first-order valence-corrected chi connectivity index (χ1v) is 21.7. The van der Waals surface area contributed by atoms with Gasteiger partial charge in [-0.3, -0.25) is 19.1 Å². The Hall–Kier alpha value is -4.68. The normalized spacial score (nSPS) is 28.9.